The van der Waals surface area contributed by atoms with Gasteiger partial charge in [0.25, 0.3) is 0 Å². The van der Waals surface area contributed by atoms with E-state index in [-0.39, 0.29) is 13.2 Å². The number of hydrogen-bond acceptors (Lipinski definition) is 8. The van der Waals surface area contributed by atoms with E-state index >= 15 is 0 Å². The van der Waals surface area contributed by atoms with E-state index in [1.54, 1.807) is 0 Å². The average molecular weight is 1730 g/mol. The van der Waals surface area contributed by atoms with Gasteiger partial charge in [0.1, 0.15) is 24.7 Å². The first-order chi connectivity index (χ1) is 65.0. The molecule has 0 atom stereocenters. The van der Waals surface area contributed by atoms with Gasteiger partial charge in [-0.2, -0.15) is 0 Å². The molecule has 6 aromatic heterocycles. The van der Waals surface area contributed by atoms with Gasteiger partial charge in [-0.05, 0) is 210 Å². The van der Waals surface area contributed by atoms with Gasteiger partial charge in [0.15, 0.2) is 23.0 Å². The third-order valence-corrected chi connectivity index (χ3v) is 26.3. The maximum absolute atomic E-state index is 7.06. The molecule has 0 fully saturated rings. The summed E-state index contributed by atoms with van der Waals surface area (Å²) in [5, 5.41) is 15.3. The summed E-state index contributed by atoms with van der Waals surface area (Å²) in [7, 11) is 0. The Morgan fingerprint density at radius 2 is 0.344 bits per heavy atom. The first kappa shape index (κ1) is 83.4. The highest BCUT2D eigenvalue weighted by Gasteiger charge is 2.23. The summed E-state index contributed by atoms with van der Waals surface area (Å²) in [5.41, 5.74) is 17.7. The van der Waals surface area contributed by atoms with Crippen molar-refractivity contribution in [3.05, 3.63) is 350 Å². The lowest BCUT2D eigenvalue weighted by Crippen LogP contribution is -2.09. The number of rotatable bonds is 42. The zero-order valence-electron chi connectivity index (χ0n) is 74.6. The van der Waals surface area contributed by atoms with Crippen molar-refractivity contribution in [3.63, 3.8) is 0 Å². The number of fused-ring (bicyclic) bond motifs is 18. The van der Waals surface area contributed by atoms with Gasteiger partial charge in [-0.1, -0.05) is 218 Å². The number of aryl methyl sites for hydroxylation is 7. The molecule has 0 saturated heterocycles. The second kappa shape index (κ2) is 38.8. The molecule has 0 aliphatic carbocycles. The van der Waals surface area contributed by atoms with Crippen molar-refractivity contribution in [2.24, 2.45) is 0 Å². The Morgan fingerprint density at radius 1 is 0.176 bits per heavy atom. The third kappa shape index (κ3) is 17.5. The number of benzene rings is 15. The van der Waals surface area contributed by atoms with Crippen LogP contribution in [0.25, 0.3) is 131 Å². The molecule has 0 saturated carbocycles. The Labute approximate surface area is 763 Å². The van der Waals surface area contributed by atoms with Crippen molar-refractivity contribution in [2.45, 2.75) is 136 Å². The largest absolute Gasteiger partial charge is 0.490 e. The Bertz CT molecular complexity index is 6590. The van der Waals surface area contributed by atoms with Gasteiger partial charge in [0, 0.05) is 176 Å². The summed E-state index contributed by atoms with van der Waals surface area (Å²) in [6.07, 6.45) is 10.3. The first-order valence-corrected chi connectivity index (χ1v) is 47.2. The van der Waals surface area contributed by atoms with Crippen LogP contribution < -0.4 is 37.9 Å². The Hall–Kier alpha value is -14.5. The highest BCUT2D eigenvalue weighted by Crippen LogP contribution is 2.44. The zero-order chi connectivity index (χ0) is 87.6. The standard InChI is InChI=1S/C117H110N6O8/c1-83-74-86(130-81-84-76-112(124-68-32-26-62-118-100-50-14-2-38-88(100)89-39-3-15-51-101(89)118)116(128-72-36-30-66-122-108-58-22-10-46-96(108)97-47-11-23-59-109(97)122)113(77-84)125-69-33-27-63-119-102-52-16-4-40-90(102)91-41-5-17-53-103(91)119)80-87(75-83)131-82-85-78-114(126-70-34-28-64-120-104-54-18-6-42-92(104)93-43-7-19-55-105(93)120)117(129-73-37-31-67-123-110-60-24-12-48-98(110)99-49-13-25-61-111(99)123)115(79-85)127-71-35-29-65-121-106-56-20-8-44-94(106)95-45-9-21-57-107(95)121/h2-25,38-61,74-80H,26-37,62-73,81-82H2,1H3. The van der Waals surface area contributed by atoms with Gasteiger partial charge < -0.3 is 65.3 Å². The molecule has 656 valence electrons. The van der Waals surface area contributed by atoms with Crippen LogP contribution in [0.5, 0.6) is 46.0 Å². The summed E-state index contributed by atoms with van der Waals surface area (Å²) < 4.78 is 71.0. The van der Waals surface area contributed by atoms with E-state index in [1.165, 1.54) is 131 Å². The second-order valence-corrected chi connectivity index (χ2v) is 34.9. The second-order valence-electron chi connectivity index (χ2n) is 34.9. The molecule has 0 aliphatic rings. The maximum atomic E-state index is 7.06. The molecule has 14 heteroatoms. The number of nitrogens with zero attached hydrogens (tertiary/aromatic N) is 6. The lowest BCUT2D eigenvalue weighted by molar-refractivity contribution is 0.231. The molecule has 15 aromatic carbocycles. The van der Waals surface area contributed by atoms with E-state index in [0.29, 0.717) is 85.6 Å². The zero-order valence-corrected chi connectivity index (χ0v) is 74.6. The van der Waals surface area contributed by atoms with Crippen molar-refractivity contribution in [3.8, 4) is 46.0 Å². The molecule has 131 heavy (non-hydrogen) atoms. The van der Waals surface area contributed by atoms with Crippen LogP contribution in [0.15, 0.2) is 334 Å². The van der Waals surface area contributed by atoms with Crippen LogP contribution in [0.1, 0.15) is 93.7 Å². The van der Waals surface area contributed by atoms with Gasteiger partial charge in [0.2, 0.25) is 11.5 Å². The molecule has 6 heterocycles. The molecule has 0 amide bonds. The molecule has 0 spiro atoms. The summed E-state index contributed by atoms with van der Waals surface area (Å²) in [4.78, 5) is 0. The monoisotopic (exact) mass is 1730 g/mol. The van der Waals surface area contributed by atoms with Gasteiger partial charge in [-0.25, -0.2) is 0 Å². The van der Waals surface area contributed by atoms with Gasteiger partial charge in [-0.15, -0.1) is 0 Å². The van der Waals surface area contributed by atoms with E-state index in [0.717, 1.165) is 133 Å². The molecule has 0 N–H and O–H groups in total. The lowest BCUT2D eigenvalue weighted by atomic mass is 10.1. The average Bonchev–Trinajstić information content (AvgIpc) is 1.63. The first-order valence-electron chi connectivity index (χ1n) is 47.2. The molecule has 0 unspecified atom stereocenters. The number of unbranched alkanes of at least 4 members (excludes halogenated alkanes) is 6. The van der Waals surface area contributed by atoms with Gasteiger partial charge >= 0.3 is 0 Å². The molecule has 0 aliphatic heterocycles. The minimum Gasteiger partial charge on any atom is -0.490 e. The Kier molecular flexibility index (Phi) is 24.7. The summed E-state index contributed by atoms with van der Waals surface area (Å²) in [6, 6.07) is 119. The van der Waals surface area contributed by atoms with Crippen LogP contribution in [-0.4, -0.2) is 67.0 Å². The number of aromatic nitrogens is 6. The molecule has 0 bridgehead atoms. The van der Waals surface area contributed by atoms with Crippen LogP contribution in [-0.2, 0) is 52.5 Å². The van der Waals surface area contributed by atoms with Crippen LogP contribution in [0, 0.1) is 6.92 Å². The number of para-hydroxylation sites is 12. The fraction of sp³-hybridized carbons (Fsp3) is 0.231. The molecular weight excluding hydrogens is 1620 g/mol. The van der Waals surface area contributed by atoms with E-state index < -0.39 is 0 Å². The van der Waals surface area contributed by atoms with E-state index in [9.17, 15) is 0 Å². The summed E-state index contributed by atoms with van der Waals surface area (Å²) in [5.74, 6) is 5.10. The number of ether oxygens (including phenoxy) is 8. The predicted octanol–water partition coefficient (Wildman–Crippen LogP) is 29.0. The van der Waals surface area contributed by atoms with Gasteiger partial charge in [0.05, 0.1) is 39.6 Å². The highest BCUT2D eigenvalue weighted by atomic mass is 16.6. The van der Waals surface area contributed by atoms with Crippen molar-refractivity contribution < 1.29 is 37.9 Å². The highest BCUT2D eigenvalue weighted by molar-refractivity contribution is 6.12. The third-order valence-electron chi connectivity index (χ3n) is 26.3. The molecule has 0 radical (unpaired) electrons. The minimum absolute atomic E-state index is 0.219. The van der Waals surface area contributed by atoms with E-state index in [1.807, 2.05) is 6.07 Å². The lowest BCUT2D eigenvalue weighted by Gasteiger charge is -2.20. The van der Waals surface area contributed by atoms with Crippen LogP contribution in [0.4, 0.5) is 0 Å². The molecule has 14 nitrogen and oxygen atoms in total. The summed E-state index contributed by atoms with van der Waals surface area (Å²) in [6.45, 7) is 10.5. The summed E-state index contributed by atoms with van der Waals surface area (Å²) >= 11 is 0. The van der Waals surface area contributed by atoms with Crippen LogP contribution in [0.2, 0.25) is 0 Å². The van der Waals surface area contributed by atoms with Crippen LogP contribution >= 0.6 is 0 Å². The van der Waals surface area contributed by atoms with Crippen LogP contribution in [0.3, 0.4) is 0 Å². The van der Waals surface area contributed by atoms with E-state index in [4.69, 9.17) is 37.9 Å². The molecule has 21 aromatic rings. The van der Waals surface area contributed by atoms with Crippen molar-refractivity contribution in [1.82, 2.24) is 27.4 Å². The fourth-order valence-corrected chi connectivity index (χ4v) is 20.1. The minimum atomic E-state index is 0.219. The fourth-order valence-electron chi connectivity index (χ4n) is 20.1. The molecule has 21 rings (SSSR count). The Morgan fingerprint density at radius 3 is 0.527 bits per heavy atom. The van der Waals surface area contributed by atoms with Crippen molar-refractivity contribution >= 4 is 131 Å². The topological polar surface area (TPSA) is 103 Å². The smallest absolute Gasteiger partial charge is 0.203 e. The van der Waals surface area contributed by atoms with Gasteiger partial charge in [-0.3, -0.25) is 0 Å². The predicted molar refractivity (Wildman–Crippen MR) is 538 cm³/mol. The van der Waals surface area contributed by atoms with Crippen molar-refractivity contribution in [2.75, 3.05) is 39.6 Å². The number of hydrogen-bond donors (Lipinski definition) is 0. The molecular formula is C117H110N6O8. The maximum Gasteiger partial charge on any atom is 0.203 e. The van der Waals surface area contributed by atoms with Crippen molar-refractivity contribution in [1.29, 1.82) is 0 Å². The Balaban J connectivity index is 0.558. The van der Waals surface area contributed by atoms with E-state index in [2.05, 4.69) is 362 Å². The quantitative estimate of drug-likeness (QED) is 0.0349. The SMILES string of the molecule is Cc1cc(OCc2cc(OCCCCn3c4ccccc4c4ccccc43)c(OCCCCn3c4ccccc4c4ccccc43)c(OCCCCn3c4ccccc4c4ccccc43)c2)cc(OCc2cc(OCCCCn3c4ccccc4c4ccccc43)c(OCCCCn3c4ccccc4c4ccccc43)c(OCCCCn3c4ccccc4c4ccccc43)c2)c1. The normalized spacial score (nSPS) is 11.9.